The largest absolute Gasteiger partial charge is 0.603 e. The smallest absolute Gasteiger partial charge is 0.155 e. The van der Waals surface area contributed by atoms with E-state index in [0.29, 0.717) is 5.69 Å². The summed E-state index contributed by atoms with van der Waals surface area (Å²) in [5, 5.41) is 11.8. The van der Waals surface area contributed by atoms with Crippen LogP contribution >= 0.6 is 31.9 Å². The second kappa shape index (κ2) is 5.64. The van der Waals surface area contributed by atoms with Crippen LogP contribution in [-0.4, -0.2) is 0 Å². The number of rotatable bonds is 3. The summed E-state index contributed by atoms with van der Waals surface area (Å²) in [6.07, 6.45) is 0. The van der Waals surface area contributed by atoms with Crippen molar-refractivity contribution >= 4 is 43.2 Å². The van der Waals surface area contributed by atoms with Gasteiger partial charge in [0.1, 0.15) is 0 Å². The number of benzene rings is 2. The summed E-state index contributed by atoms with van der Waals surface area (Å²) >= 11 is 6.68. The van der Waals surface area contributed by atoms with Gasteiger partial charge in [-0.1, -0.05) is 31.9 Å². The first-order valence-corrected chi connectivity index (χ1v) is 6.56. The standard InChI is InChI=1S/C12H10Br2N2O/c13-9-1-5-11(6-2-9)15-16(17)12-7-3-10(14)4-8-12/h1-8,15-16H. The fraction of sp³-hybridized carbons (Fsp3) is 0. The van der Waals surface area contributed by atoms with Gasteiger partial charge in [0, 0.05) is 21.1 Å². The average molecular weight is 358 g/mol. The minimum Gasteiger partial charge on any atom is -0.603 e. The van der Waals surface area contributed by atoms with Crippen LogP contribution in [0, 0.1) is 5.21 Å². The second-order valence-electron chi connectivity index (χ2n) is 3.47. The van der Waals surface area contributed by atoms with E-state index in [9.17, 15) is 5.21 Å². The molecule has 0 heterocycles. The van der Waals surface area contributed by atoms with Crippen LogP contribution in [0.1, 0.15) is 0 Å². The Kier molecular flexibility index (Phi) is 4.17. The lowest BCUT2D eigenvalue weighted by Gasteiger charge is -2.22. The maximum Gasteiger partial charge on any atom is 0.155 e. The molecule has 1 atom stereocenters. The molecule has 0 amide bonds. The third-order valence-electron chi connectivity index (χ3n) is 2.21. The number of quaternary nitrogens is 1. The first-order chi connectivity index (χ1) is 8.15. The Hall–Kier alpha value is -0.880. The number of anilines is 1. The zero-order chi connectivity index (χ0) is 12.3. The van der Waals surface area contributed by atoms with Crippen molar-refractivity contribution in [3.05, 3.63) is 62.7 Å². The number of nitrogens with one attached hydrogen (secondary N) is 2. The highest BCUT2D eigenvalue weighted by atomic mass is 79.9. The summed E-state index contributed by atoms with van der Waals surface area (Å²) < 4.78 is 1.94. The summed E-state index contributed by atoms with van der Waals surface area (Å²) in [5.41, 5.74) is 4.24. The molecule has 0 saturated carbocycles. The van der Waals surface area contributed by atoms with Gasteiger partial charge in [0.05, 0.1) is 5.69 Å². The van der Waals surface area contributed by atoms with E-state index in [0.717, 1.165) is 14.6 Å². The Morgan fingerprint density at radius 3 is 1.82 bits per heavy atom. The van der Waals surface area contributed by atoms with E-state index in [4.69, 9.17) is 0 Å². The zero-order valence-electron chi connectivity index (χ0n) is 8.78. The summed E-state index contributed by atoms with van der Waals surface area (Å²) in [6.45, 7) is 0. The van der Waals surface area contributed by atoms with Gasteiger partial charge in [0.15, 0.2) is 5.69 Å². The third kappa shape index (κ3) is 3.54. The first-order valence-electron chi connectivity index (χ1n) is 4.97. The van der Waals surface area contributed by atoms with Crippen LogP contribution < -0.4 is 10.6 Å². The normalized spacial score (nSPS) is 12.2. The Bertz CT molecular complexity index is 485. The van der Waals surface area contributed by atoms with Crippen LogP contribution in [0.4, 0.5) is 11.4 Å². The monoisotopic (exact) mass is 356 g/mol. The molecule has 1 unspecified atom stereocenters. The highest BCUT2D eigenvalue weighted by Crippen LogP contribution is 2.14. The van der Waals surface area contributed by atoms with Crippen LogP contribution in [0.25, 0.3) is 0 Å². The van der Waals surface area contributed by atoms with Gasteiger partial charge < -0.3 is 5.21 Å². The SMILES string of the molecule is [O-][NH+](Nc1ccc(Br)cc1)c1ccc(Br)cc1. The van der Waals surface area contributed by atoms with Crippen LogP contribution in [-0.2, 0) is 0 Å². The van der Waals surface area contributed by atoms with Crippen LogP contribution in [0.2, 0.25) is 0 Å². The molecule has 3 nitrogen and oxygen atoms in total. The molecule has 0 aliphatic carbocycles. The van der Waals surface area contributed by atoms with E-state index in [1.807, 2.05) is 36.4 Å². The van der Waals surface area contributed by atoms with Gasteiger partial charge in [-0.3, -0.25) is 0 Å². The average Bonchev–Trinajstić information content (AvgIpc) is 2.33. The maximum absolute atomic E-state index is 11.9. The molecule has 0 saturated heterocycles. The lowest BCUT2D eigenvalue weighted by molar-refractivity contribution is -0.749. The van der Waals surface area contributed by atoms with Crippen LogP contribution in [0.15, 0.2) is 57.5 Å². The minimum absolute atomic E-state index is 0.111. The summed E-state index contributed by atoms with van der Waals surface area (Å²) in [4.78, 5) is 0. The van der Waals surface area contributed by atoms with E-state index in [1.54, 1.807) is 12.1 Å². The molecule has 0 aliphatic rings. The van der Waals surface area contributed by atoms with Crippen LogP contribution in [0.3, 0.4) is 0 Å². The maximum atomic E-state index is 11.9. The van der Waals surface area contributed by atoms with Gasteiger partial charge in [-0.05, 0) is 36.4 Å². The molecular weight excluding hydrogens is 348 g/mol. The minimum atomic E-state index is -0.111. The summed E-state index contributed by atoms with van der Waals surface area (Å²) in [6, 6.07) is 14.7. The molecule has 5 heteroatoms. The molecule has 0 fully saturated rings. The van der Waals surface area contributed by atoms with E-state index in [1.165, 1.54) is 0 Å². The van der Waals surface area contributed by atoms with E-state index in [-0.39, 0.29) is 5.17 Å². The van der Waals surface area contributed by atoms with Gasteiger partial charge in [-0.25, -0.2) is 10.6 Å². The van der Waals surface area contributed by atoms with Gasteiger partial charge in [-0.2, -0.15) is 0 Å². The fourth-order valence-corrected chi connectivity index (χ4v) is 1.87. The molecule has 0 radical (unpaired) electrons. The molecule has 0 spiro atoms. The van der Waals surface area contributed by atoms with Crippen molar-refractivity contribution in [3.63, 3.8) is 0 Å². The van der Waals surface area contributed by atoms with Crippen LogP contribution in [0.5, 0.6) is 0 Å². The molecule has 88 valence electrons. The van der Waals surface area contributed by atoms with Gasteiger partial charge >= 0.3 is 0 Å². The molecule has 17 heavy (non-hydrogen) atoms. The predicted octanol–water partition coefficient (Wildman–Crippen LogP) is 3.25. The first kappa shape index (κ1) is 12.6. The molecule has 0 aromatic heterocycles. The number of hydrogen-bond donors (Lipinski definition) is 2. The Morgan fingerprint density at radius 1 is 0.824 bits per heavy atom. The van der Waals surface area contributed by atoms with Gasteiger partial charge in [0.2, 0.25) is 0 Å². The van der Waals surface area contributed by atoms with Gasteiger partial charge in [-0.15, -0.1) is 0 Å². The predicted molar refractivity (Wildman–Crippen MR) is 75.9 cm³/mol. The molecule has 2 rings (SSSR count). The van der Waals surface area contributed by atoms with Crippen molar-refractivity contribution in [2.45, 2.75) is 0 Å². The topological polar surface area (TPSA) is 39.5 Å². The van der Waals surface area contributed by atoms with Crippen molar-refractivity contribution in [2.75, 3.05) is 5.43 Å². The van der Waals surface area contributed by atoms with Crippen molar-refractivity contribution < 1.29 is 5.17 Å². The summed E-state index contributed by atoms with van der Waals surface area (Å²) in [5.74, 6) is 0. The van der Waals surface area contributed by atoms with Crippen molar-refractivity contribution in [1.29, 1.82) is 0 Å². The molecule has 2 aromatic carbocycles. The third-order valence-corrected chi connectivity index (χ3v) is 3.27. The Labute approximate surface area is 116 Å². The quantitative estimate of drug-likeness (QED) is 0.827. The Morgan fingerprint density at radius 2 is 1.29 bits per heavy atom. The van der Waals surface area contributed by atoms with Crippen molar-refractivity contribution in [3.8, 4) is 0 Å². The highest BCUT2D eigenvalue weighted by Gasteiger charge is 2.02. The fourth-order valence-electron chi connectivity index (χ4n) is 1.34. The molecule has 0 bridgehead atoms. The number of hydrogen-bond acceptors (Lipinski definition) is 2. The van der Waals surface area contributed by atoms with Crippen molar-refractivity contribution in [2.24, 2.45) is 0 Å². The molecular formula is C12H10Br2N2O. The van der Waals surface area contributed by atoms with E-state index in [2.05, 4.69) is 37.3 Å². The lowest BCUT2D eigenvalue weighted by Crippen LogP contribution is -3.05. The van der Waals surface area contributed by atoms with E-state index < -0.39 is 0 Å². The second-order valence-corrected chi connectivity index (χ2v) is 5.30. The highest BCUT2D eigenvalue weighted by molar-refractivity contribution is 9.10. The van der Waals surface area contributed by atoms with E-state index >= 15 is 0 Å². The van der Waals surface area contributed by atoms with Gasteiger partial charge in [0.25, 0.3) is 0 Å². The molecule has 2 N–H and O–H groups in total. The molecule has 2 aromatic rings. The Balaban J connectivity index is 2.08. The number of halogens is 2. The van der Waals surface area contributed by atoms with Crippen molar-refractivity contribution in [1.82, 2.24) is 0 Å². The lowest BCUT2D eigenvalue weighted by atomic mass is 10.3. The summed E-state index contributed by atoms with van der Waals surface area (Å²) in [7, 11) is 0. The molecule has 0 aliphatic heterocycles. The zero-order valence-corrected chi connectivity index (χ0v) is 12.0.